The quantitative estimate of drug-likeness (QED) is 0.898. The van der Waals surface area contributed by atoms with Crippen LogP contribution in [0.15, 0.2) is 22.7 Å². The first-order valence-electron chi connectivity index (χ1n) is 5.41. The van der Waals surface area contributed by atoms with Gasteiger partial charge in [0.2, 0.25) is 0 Å². The van der Waals surface area contributed by atoms with Crippen molar-refractivity contribution in [2.75, 3.05) is 13.7 Å². The highest BCUT2D eigenvalue weighted by Crippen LogP contribution is 2.33. The summed E-state index contributed by atoms with van der Waals surface area (Å²) in [5.74, 6) is -0.243. The van der Waals surface area contributed by atoms with E-state index in [1.54, 1.807) is 7.11 Å². The molecular formula is C12H14BrNO3. The minimum atomic E-state index is -0.732. The second-order valence-corrected chi connectivity index (χ2v) is 4.97. The number of methoxy groups -OCH3 is 1. The first kappa shape index (κ1) is 12.4. The average molecular weight is 300 g/mol. The predicted molar refractivity (Wildman–Crippen MR) is 67.2 cm³/mol. The van der Waals surface area contributed by atoms with E-state index in [-0.39, 0.29) is 12.0 Å². The molecule has 0 aliphatic carbocycles. The van der Waals surface area contributed by atoms with Gasteiger partial charge in [0.15, 0.2) is 0 Å². The molecule has 1 aromatic carbocycles. The number of hydrogen-bond acceptors (Lipinski definition) is 3. The molecule has 5 heteroatoms. The van der Waals surface area contributed by atoms with Crippen molar-refractivity contribution in [1.29, 1.82) is 0 Å². The van der Waals surface area contributed by atoms with Gasteiger partial charge in [-0.15, -0.1) is 0 Å². The Morgan fingerprint density at radius 1 is 1.59 bits per heavy atom. The summed E-state index contributed by atoms with van der Waals surface area (Å²) in [4.78, 5) is 10.9. The second kappa shape index (κ2) is 5.06. The molecule has 17 heavy (non-hydrogen) atoms. The predicted octanol–water partition coefficient (Wildman–Crippen LogP) is 2.19. The Labute approximate surface area is 108 Å². The van der Waals surface area contributed by atoms with Gasteiger partial charge in [0, 0.05) is 17.1 Å². The van der Waals surface area contributed by atoms with Crippen molar-refractivity contribution in [3.8, 4) is 5.75 Å². The van der Waals surface area contributed by atoms with Crippen molar-refractivity contribution in [3.05, 3.63) is 28.2 Å². The third kappa shape index (κ3) is 2.61. The van der Waals surface area contributed by atoms with E-state index in [0.29, 0.717) is 13.0 Å². The molecule has 1 heterocycles. The Bertz CT molecular complexity index is 436. The van der Waals surface area contributed by atoms with Crippen LogP contribution < -0.4 is 10.1 Å². The molecule has 2 N–H and O–H groups in total. The smallest absolute Gasteiger partial charge is 0.307 e. The van der Waals surface area contributed by atoms with Crippen LogP contribution in [0, 0.1) is 5.92 Å². The topological polar surface area (TPSA) is 58.6 Å². The Balaban J connectivity index is 2.16. The average Bonchev–Trinajstić information content (AvgIpc) is 2.78. The van der Waals surface area contributed by atoms with Crippen LogP contribution in [0.2, 0.25) is 0 Å². The molecule has 1 aromatic rings. The third-order valence-corrected chi connectivity index (χ3v) is 3.75. The second-order valence-electron chi connectivity index (χ2n) is 4.12. The van der Waals surface area contributed by atoms with Crippen molar-refractivity contribution in [3.63, 3.8) is 0 Å². The molecule has 0 amide bonds. The highest BCUT2D eigenvalue weighted by molar-refractivity contribution is 9.10. The zero-order valence-corrected chi connectivity index (χ0v) is 11.0. The van der Waals surface area contributed by atoms with Crippen molar-refractivity contribution < 1.29 is 14.6 Å². The van der Waals surface area contributed by atoms with Crippen LogP contribution in [0.5, 0.6) is 5.75 Å². The number of halogens is 1. The number of nitrogens with one attached hydrogen (secondary N) is 1. The van der Waals surface area contributed by atoms with E-state index in [2.05, 4.69) is 21.2 Å². The molecule has 1 saturated heterocycles. The molecule has 2 rings (SSSR count). The first-order chi connectivity index (χ1) is 8.11. The minimum Gasteiger partial charge on any atom is -0.497 e. The maximum Gasteiger partial charge on any atom is 0.307 e. The van der Waals surface area contributed by atoms with Crippen LogP contribution in [0.1, 0.15) is 18.0 Å². The Morgan fingerprint density at radius 3 is 2.88 bits per heavy atom. The highest BCUT2D eigenvalue weighted by Gasteiger charge is 2.30. The summed E-state index contributed by atoms with van der Waals surface area (Å²) < 4.78 is 6.07. The maximum absolute atomic E-state index is 10.9. The van der Waals surface area contributed by atoms with Crippen molar-refractivity contribution >= 4 is 21.9 Å². The summed E-state index contributed by atoms with van der Waals surface area (Å²) in [6.45, 7) is 0.526. The van der Waals surface area contributed by atoms with Gasteiger partial charge in [0.25, 0.3) is 0 Å². The summed E-state index contributed by atoms with van der Waals surface area (Å²) >= 11 is 3.49. The van der Waals surface area contributed by atoms with Gasteiger partial charge in [-0.05, 0) is 24.1 Å². The molecular weight excluding hydrogens is 286 g/mol. The fourth-order valence-corrected chi connectivity index (χ4v) is 2.71. The summed E-state index contributed by atoms with van der Waals surface area (Å²) in [7, 11) is 1.62. The van der Waals surface area contributed by atoms with Gasteiger partial charge in [-0.3, -0.25) is 4.79 Å². The largest absolute Gasteiger partial charge is 0.497 e. The lowest BCUT2D eigenvalue weighted by Gasteiger charge is -2.13. The molecule has 0 spiro atoms. The van der Waals surface area contributed by atoms with Crippen LogP contribution in [0.25, 0.3) is 0 Å². The number of hydrogen-bond donors (Lipinski definition) is 2. The van der Waals surface area contributed by atoms with Gasteiger partial charge in [0.05, 0.1) is 13.0 Å². The molecule has 1 fully saturated rings. The highest BCUT2D eigenvalue weighted by atomic mass is 79.9. The molecule has 2 unspecified atom stereocenters. The SMILES string of the molecule is COc1ccc(C2CC(C(=O)O)CN2)c(Br)c1. The number of benzene rings is 1. The van der Waals surface area contributed by atoms with E-state index in [0.717, 1.165) is 15.8 Å². The molecule has 1 aliphatic rings. The lowest BCUT2D eigenvalue weighted by Crippen LogP contribution is -2.17. The van der Waals surface area contributed by atoms with Gasteiger partial charge in [-0.2, -0.15) is 0 Å². The van der Waals surface area contributed by atoms with Crippen LogP contribution in [-0.4, -0.2) is 24.7 Å². The molecule has 0 aromatic heterocycles. The summed E-state index contributed by atoms with van der Waals surface area (Å²) in [5, 5.41) is 12.2. The molecule has 0 radical (unpaired) electrons. The summed E-state index contributed by atoms with van der Waals surface area (Å²) in [5.41, 5.74) is 1.08. The Kier molecular flexibility index (Phi) is 3.69. The normalized spacial score (nSPS) is 23.6. The van der Waals surface area contributed by atoms with Crippen molar-refractivity contribution in [2.45, 2.75) is 12.5 Å². The first-order valence-corrected chi connectivity index (χ1v) is 6.20. The zero-order valence-electron chi connectivity index (χ0n) is 9.44. The van der Waals surface area contributed by atoms with E-state index in [9.17, 15) is 4.79 Å². The lowest BCUT2D eigenvalue weighted by atomic mass is 10.0. The number of carboxylic acid groups (broad SMARTS) is 1. The van der Waals surface area contributed by atoms with E-state index < -0.39 is 5.97 Å². The van der Waals surface area contributed by atoms with Gasteiger partial charge in [-0.25, -0.2) is 0 Å². The summed E-state index contributed by atoms with van der Waals surface area (Å²) in [6, 6.07) is 5.84. The molecule has 2 atom stereocenters. The maximum atomic E-state index is 10.9. The third-order valence-electron chi connectivity index (χ3n) is 3.06. The van der Waals surface area contributed by atoms with Gasteiger partial charge < -0.3 is 15.2 Å². The number of ether oxygens (including phenoxy) is 1. The number of carboxylic acids is 1. The van der Waals surface area contributed by atoms with E-state index in [1.165, 1.54) is 0 Å². The van der Waals surface area contributed by atoms with E-state index >= 15 is 0 Å². The van der Waals surface area contributed by atoms with Crippen molar-refractivity contribution in [2.24, 2.45) is 5.92 Å². The number of carbonyl (C=O) groups is 1. The Hall–Kier alpha value is -1.07. The van der Waals surface area contributed by atoms with Crippen LogP contribution >= 0.6 is 15.9 Å². The molecule has 92 valence electrons. The fraction of sp³-hybridized carbons (Fsp3) is 0.417. The molecule has 0 saturated carbocycles. The van der Waals surface area contributed by atoms with Crippen LogP contribution in [0.4, 0.5) is 0 Å². The monoisotopic (exact) mass is 299 g/mol. The van der Waals surface area contributed by atoms with Crippen molar-refractivity contribution in [1.82, 2.24) is 5.32 Å². The van der Waals surface area contributed by atoms with Gasteiger partial charge >= 0.3 is 5.97 Å². The van der Waals surface area contributed by atoms with Crippen LogP contribution in [0.3, 0.4) is 0 Å². The number of aliphatic carboxylic acids is 1. The fourth-order valence-electron chi connectivity index (χ4n) is 2.08. The molecule has 0 bridgehead atoms. The molecule has 1 aliphatic heterocycles. The van der Waals surface area contributed by atoms with Gasteiger partial charge in [-0.1, -0.05) is 22.0 Å². The van der Waals surface area contributed by atoms with Gasteiger partial charge in [0.1, 0.15) is 5.75 Å². The standard InChI is InChI=1S/C12H14BrNO3/c1-17-8-2-3-9(10(13)5-8)11-4-7(6-14-11)12(15)16/h2-3,5,7,11,14H,4,6H2,1H3,(H,15,16). The van der Waals surface area contributed by atoms with Crippen LogP contribution in [-0.2, 0) is 4.79 Å². The Morgan fingerprint density at radius 2 is 2.35 bits per heavy atom. The minimum absolute atomic E-state index is 0.0939. The molecule has 4 nitrogen and oxygen atoms in total. The summed E-state index contributed by atoms with van der Waals surface area (Å²) in [6.07, 6.45) is 0.625. The lowest BCUT2D eigenvalue weighted by molar-refractivity contribution is -0.141. The van der Waals surface area contributed by atoms with E-state index in [4.69, 9.17) is 9.84 Å². The zero-order chi connectivity index (χ0) is 12.4. The van der Waals surface area contributed by atoms with E-state index in [1.807, 2.05) is 18.2 Å². The number of rotatable bonds is 3.